The Morgan fingerprint density at radius 3 is 2.76 bits per heavy atom. The molecule has 0 aliphatic rings. The zero-order chi connectivity index (χ0) is 12.8. The highest BCUT2D eigenvalue weighted by Crippen LogP contribution is 1.94. The van der Waals surface area contributed by atoms with Gasteiger partial charge >= 0.3 is 5.97 Å². The molecule has 1 rings (SSSR count). The molecule has 0 saturated heterocycles. The van der Waals surface area contributed by atoms with Crippen LogP contribution in [0.1, 0.15) is 29.8 Å². The molecule has 8 nitrogen and oxygen atoms in total. The van der Waals surface area contributed by atoms with Crippen molar-refractivity contribution in [2.75, 3.05) is 6.54 Å². The molecule has 0 radical (unpaired) electrons. The van der Waals surface area contributed by atoms with Gasteiger partial charge in [-0.3, -0.25) is 9.89 Å². The lowest BCUT2D eigenvalue weighted by molar-refractivity contribution is -0.146. The van der Waals surface area contributed by atoms with Gasteiger partial charge in [0.1, 0.15) is 5.82 Å². The molecule has 0 aliphatic carbocycles. The summed E-state index contributed by atoms with van der Waals surface area (Å²) >= 11 is 0. The van der Waals surface area contributed by atoms with Crippen LogP contribution in [0.25, 0.3) is 0 Å². The summed E-state index contributed by atoms with van der Waals surface area (Å²) in [6.45, 7) is 1.91. The maximum atomic E-state index is 11.4. The smallest absolute Gasteiger partial charge is 0.332 e. The number of carboxylic acid groups (broad SMARTS) is 1. The van der Waals surface area contributed by atoms with E-state index in [4.69, 9.17) is 10.2 Å². The zero-order valence-electron chi connectivity index (χ0n) is 9.30. The maximum absolute atomic E-state index is 11.4. The number of aliphatic hydroxyl groups excluding tert-OH is 1. The Kier molecular flexibility index (Phi) is 4.58. The molecule has 1 atom stereocenters. The minimum Gasteiger partial charge on any atom is -0.479 e. The number of hydrogen-bond acceptors (Lipinski definition) is 5. The maximum Gasteiger partial charge on any atom is 0.332 e. The van der Waals surface area contributed by atoms with Gasteiger partial charge in [-0.15, -0.1) is 5.10 Å². The Labute approximate surface area is 97.1 Å². The second kappa shape index (κ2) is 5.94. The minimum atomic E-state index is -1.48. The molecule has 0 saturated carbocycles. The van der Waals surface area contributed by atoms with Crippen LogP contribution in [-0.4, -0.2) is 49.9 Å². The van der Waals surface area contributed by atoms with Crippen LogP contribution in [0.5, 0.6) is 0 Å². The lowest BCUT2D eigenvalue weighted by Crippen LogP contribution is -2.30. The molecule has 0 aliphatic heterocycles. The number of aromatic nitrogens is 3. The first-order valence-corrected chi connectivity index (χ1v) is 5.15. The predicted octanol–water partition coefficient (Wildman–Crippen LogP) is -1.07. The van der Waals surface area contributed by atoms with E-state index in [-0.39, 0.29) is 18.8 Å². The lowest BCUT2D eigenvalue weighted by atomic mass is 10.2. The number of amides is 1. The van der Waals surface area contributed by atoms with Crippen molar-refractivity contribution in [2.24, 2.45) is 0 Å². The Hall–Kier alpha value is -1.96. The third kappa shape index (κ3) is 3.83. The Balaban J connectivity index is 2.37. The summed E-state index contributed by atoms with van der Waals surface area (Å²) in [5.41, 5.74) is 0. The fourth-order valence-corrected chi connectivity index (χ4v) is 1.08. The molecule has 0 unspecified atom stereocenters. The minimum absolute atomic E-state index is 0.00617. The average molecular weight is 242 g/mol. The van der Waals surface area contributed by atoms with E-state index in [2.05, 4.69) is 20.5 Å². The summed E-state index contributed by atoms with van der Waals surface area (Å²) in [7, 11) is 0. The number of aliphatic hydroxyl groups is 1. The number of carbonyl (C=O) groups is 2. The molecule has 1 aromatic rings. The zero-order valence-corrected chi connectivity index (χ0v) is 9.30. The highest BCUT2D eigenvalue weighted by molar-refractivity contribution is 5.90. The highest BCUT2D eigenvalue weighted by Gasteiger charge is 2.15. The van der Waals surface area contributed by atoms with Crippen LogP contribution in [0.2, 0.25) is 0 Å². The summed E-state index contributed by atoms with van der Waals surface area (Å²) in [5, 5.41) is 26.1. The first-order valence-electron chi connectivity index (χ1n) is 5.15. The van der Waals surface area contributed by atoms with E-state index >= 15 is 0 Å². The van der Waals surface area contributed by atoms with Crippen LogP contribution >= 0.6 is 0 Å². The number of H-pyrrole nitrogens is 1. The van der Waals surface area contributed by atoms with Crippen LogP contribution in [-0.2, 0) is 11.2 Å². The molecule has 0 bridgehead atoms. The summed E-state index contributed by atoms with van der Waals surface area (Å²) < 4.78 is 0. The van der Waals surface area contributed by atoms with Crippen LogP contribution in [0, 0.1) is 0 Å². The van der Waals surface area contributed by atoms with Crippen molar-refractivity contribution >= 4 is 11.9 Å². The largest absolute Gasteiger partial charge is 0.479 e. The number of aryl methyl sites for hydroxylation is 1. The standard InChI is InChI=1S/C9H14N4O4/c1-2-6-11-7(13-12-6)8(15)10-4-3-5(14)9(16)17/h5,14H,2-4H2,1H3,(H,10,15)(H,16,17)(H,11,12,13)/t5-/m0/s1. The molecule has 0 fully saturated rings. The van der Waals surface area contributed by atoms with Gasteiger partial charge in [0, 0.05) is 19.4 Å². The number of rotatable bonds is 6. The summed E-state index contributed by atoms with van der Waals surface area (Å²) in [5.74, 6) is -1.21. The van der Waals surface area contributed by atoms with Gasteiger partial charge in [-0.25, -0.2) is 9.78 Å². The molecule has 0 spiro atoms. The normalized spacial score (nSPS) is 12.1. The van der Waals surface area contributed by atoms with Crippen molar-refractivity contribution < 1.29 is 19.8 Å². The molecule has 1 aromatic heterocycles. The molecule has 4 N–H and O–H groups in total. The number of aromatic amines is 1. The van der Waals surface area contributed by atoms with Crippen LogP contribution in [0.15, 0.2) is 0 Å². The monoisotopic (exact) mass is 242 g/mol. The third-order valence-electron chi connectivity index (χ3n) is 2.06. The van der Waals surface area contributed by atoms with E-state index in [1.165, 1.54) is 0 Å². The van der Waals surface area contributed by atoms with E-state index in [1.54, 1.807) is 0 Å². The van der Waals surface area contributed by atoms with Gasteiger partial charge < -0.3 is 15.5 Å². The van der Waals surface area contributed by atoms with Gasteiger partial charge in [-0.05, 0) is 0 Å². The van der Waals surface area contributed by atoms with Gasteiger partial charge in [-0.2, -0.15) is 0 Å². The molecular weight excluding hydrogens is 228 g/mol. The fourth-order valence-electron chi connectivity index (χ4n) is 1.08. The number of aliphatic carboxylic acids is 1. The first kappa shape index (κ1) is 13.1. The van der Waals surface area contributed by atoms with Crippen molar-refractivity contribution in [1.29, 1.82) is 0 Å². The Morgan fingerprint density at radius 2 is 2.24 bits per heavy atom. The van der Waals surface area contributed by atoms with Gasteiger partial charge in [-0.1, -0.05) is 6.92 Å². The first-order chi connectivity index (χ1) is 8.04. The van der Waals surface area contributed by atoms with Gasteiger partial charge in [0.05, 0.1) is 0 Å². The summed E-state index contributed by atoms with van der Waals surface area (Å²) in [4.78, 5) is 25.6. The summed E-state index contributed by atoms with van der Waals surface area (Å²) in [6.07, 6.45) is -0.905. The Morgan fingerprint density at radius 1 is 1.53 bits per heavy atom. The molecular formula is C9H14N4O4. The lowest BCUT2D eigenvalue weighted by Gasteiger charge is -2.05. The van der Waals surface area contributed by atoms with Crippen LogP contribution in [0.3, 0.4) is 0 Å². The second-order valence-electron chi connectivity index (χ2n) is 3.36. The molecule has 94 valence electrons. The van der Waals surface area contributed by atoms with Crippen LogP contribution in [0.4, 0.5) is 0 Å². The highest BCUT2D eigenvalue weighted by atomic mass is 16.4. The van der Waals surface area contributed by atoms with Crippen molar-refractivity contribution in [3.8, 4) is 0 Å². The molecule has 17 heavy (non-hydrogen) atoms. The third-order valence-corrected chi connectivity index (χ3v) is 2.06. The van der Waals surface area contributed by atoms with Gasteiger partial charge in [0.2, 0.25) is 5.82 Å². The van der Waals surface area contributed by atoms with Crippen molar-refractivity contribution in [2.45, 2.75) is 25.9 Å². The van der Waals surface area contributed by atoms with Crippen molar-refractivity contribution in [3.05, 3.63) is 11.6 Å². The molecule has 0 aromatic carbocycles. The quantitative estimate of drug-likeness (QED) is 0.503. The number of carbonyl (C=O) groups excluding carboxylic acids is 1. The van der Waals surface area contributed by atoms with E-state index in [9.17, 15) is 9.59 Å². The Bertz CT molecular complexity index is 403. The average Bonchev–Trinajstić information content (AvgIpc) is 2.77. The SMILES string of the molecule is CCc1nc(C(=O)NCC[C@H](O)C(=O)O)n[nH]1. The predicted molar refractivity (Wildman–Crippen MR) is 56.4 cm³/mol. The van der Waals surface area contributed by atoms with Gasteiger partial charge in [0.25, 0.3) is 5.91 Å². The fraction of sp³-hybridized carbons (Fsp3) is 0.556. The van der Waals surface area contributed by atoms with E-state index in [0.717, 1.165) is 0 Å². The van der Waals surface area contributed by atoms with Gasteiger partial charge in [0.15, 0.2) is 6.10 Å². The van der Waals surface area contributed by atoms with Crippen molar-refractivity contribution in [1.82, 2.24) is 20.5 Å². The second-order valence-corrected chi connectivity index (χ2v) is 3.36. The topological polar surface area (TPSA) is 128 Å². The van der Waals surface area contributed by atoms with E-state index in [0.29, 0.717) is 12.2 Å². The number of nitrogens with one attached hydrogen (secondary N) is 2. The molecule has 1 amide bonds. The number of carboxylic acids is 1. The summed E-state index contributed by atoms with van der Waals surface area (Å²) in [6, 6.07) is 0. The van der Waals surface area contributed by atoms with E-state index in [1.807, 2.05) is 6.92 Å². The van der Waals surface area contributed by atoms with Crippen LogP contribution < -0.4 is 5.32 Å². The molecule has 8 heteroatoms. The van der Waals surface area contributed by atoms with E-state index < -0.39 is 18.0 Å². The number of nitrogens with zero attached hydrogens (tertiary/aromatic N) is 2. The number of hydrogen-bond donors (Lipinski definition) is 4. The molecule has 1 heterocycles. The van der Waals surface area contributed by atoms with Crippen molar-refractivity contribution in [3.63, 3.8) is 0 Å².